The van der Waals surface area contributed by atoms with Crippen molar-refractivity contribution in [3.8, 4) is 0 Å². The molecule has 0 aromatic heterocycles. The number of fused-ring (bicyclic) bond motifs is 1. The summed E-state index contributed by atoms with van der Waals surface area (Å²) < 4.78 is 0. The number of nitrogens with zero attached hydrogens (tertiary/aromatic N) is 2. The molecule has 2 N–H and O–H groups in total. The molecule has 2 unspecified atom stereocenters. The first-order valence-electron chi connectivity index (χ1n) is 8.08. The molecule has 3 rings (SSSR count). The lowest BCUT2D eigenvalue weighted by Crippen LogP contribution is -2.50. The first-order valence-corrected chi connectivity index (χ1v) is 8.08. The Hall–Kier alpha value is -1.55. The maximum absolute atomic E-state index is 12.7. The van der Waals surface area contributed by atoms with E-state index in [0.717, 1.165) is 44.6 Å². The molecule has 1 fully saturated rings. The normalized spacial score (nSPS) is 23.6. The molecule has 114 valence electrons. The van der Waals surface area contributed by atoms with Crippen molar-refractivity contribution >= 4 is 11.6 Å². The van der Waals surface area contributed by atoms with Crippen LogP contribution in [0.25, 0.3) is 0 Å². The van der Waals surface area contributed by atoms with Crippen LogP contribution in [0.2, 0.25) is 0 Å². The minimum absolute atomic E-state index is 0.0924. The average molecular weight is 287 g/mol. The summed E-state index contributed by atoms with van der Waals surface area (Å²) in [7, 11) is 0. The number of piperidine rings is 1. The number of para-hydroxylation sites is 1. The van der Waals surface area contributed by atoms with Crippen LogP contribution in [0.4, 0.5) is 5.69 Å². The molecule has 1 saturated heterocycles. The van der Waals surface area contributed by atoms with Crippen LogP contribution in [-0.4, -0.2) is 36.5 Å². The lowest BCUT2D eigenvalue weighted by molar-refractivity contribution is -0.133. The van der Waals surface area contributed by atoms with Crippen LogP contribution in [0.15, 0.2) is 24.3 Å². The van der Waals surface area contributed by atoms with Crippen molar-refractivity contribution < 1.29 is 4.79 Å². The predicted molar refractivity (Wildman–Crippen MR) is 85.2 cm³/mol. The number of benzene rings is 1. The van der Waals surface area contributed by atoms with Crippen LogP contribution in [0.5, 0.6) is 0 Å². The fourth-order valence-electron chi connectivity index (χ4n) is 3.53. The Labute approximate surface area is 126 Å². The van der Waals surface area contributed by atoms with E-state index in [2.05, 4.69) is 17.0 Å². The molecule has 2 aliphatic rings. The Morgan fingerprint density at radius 3 is 2.67 bits per heavy atom. The molecule has 0 spiro atoms. The molecule has 2 atom stereocenters. The smallest absolute Gasteiger partial charge is 0.244 e. The zero-order valence-electron chi connectivity index (χ0n) is 12.8. The van der Waals surface area contributed by atoms with E-state index in [9.17, 15) is 4.79 Å². The molecule has 4 nitrogen and oxygen atoms in total. The van der Waals surface area contributed by atoms with E-state index in [1.54, 1.807) is 0 Å². The van der Waals surface area contributed by atoms with Gasteiger partial charge in [-0.2, -0.15) is 0 Å². The van der Waals surface area contributed by atoms with Crippen LogP contribution in [0.3, 0.4) is 0 Å². The molecule has 4 heteroatoms. The summed E-state index contributed by atoms with van der Waals surface area (Å²) in [4.78, 5) is 17.0. The fourth-order valence-corrected chi connectivity index (χ4v) is 3.53. The van der Waals surface area contributed by atoms with Gasteiger partial charge in [0.15, 0.2) is 0 Å². The van der Waals surface area contributed by atoms with E-state index >= 15 is 0 Å². The maximum Gasteiger partial charge on any atom is 0.244 e. The second kappa shape index (κ2) is 6.06. The maximum atomic E-state index is 12.7. The lowest BCUT2D eigenvalue weighted by Gasteiger charge is -2.40. The lowest BCUT2D eigenvalue weighted by atomic mass is 9.95. The predicted octanol–water partition coefficient (Wildman–Crippen LogP) is 2.30. The first kappa shape index (κ1) is 14.4. The number of anilines is 1. The number of amides is 1. The minimum Gasteiger partial charge on any atom is -0.359 e. The largest absolute Gasteiger partial charge is 0.359 e. The summed E-state index contributed by atoms with van der Waals surface area (Å²) in [5.41, 5.74) is 8.51. The van der Waals surface area contributed by atoms with Crippen molar-refractivity contribution in [1.82, 2.24) is 4.90 Å². The third-order valence-electron chi connectivity index (χ3n) is 4.82. The van der Waals surface area contributed by atoms with Gasteiger partial charge in [-0.1, -0.05) is 18.2 Å². The van der Waals surface area contributed by atoms with Crippen molar-refractivity contribution in [2.24, 2.45) is 5.73 Å². The monoisotopic (exact) mass is 287 g/mol. The molecule has 1 amide bonds. The van der Waals surface area contributed by atoms with Gasteiger partial charge in [-0.25, -0.2) is 0 Å². The van der Waals surface area contributed by atoms with Crippen LogP contribution in [0, 0.1) is 0 Å². The van der Waals surface area contributed by atoms with Gasteiger partial charge in [-0.3, -0.25) is 4.79 Å². The van der Waals surface area contributed by atoms with Crippen LogP contribution >= 0.6 is 0 Å². The van der Waals surface area contributed by atoms with Gasteiger partial charge in [0.05, 0.1) is 0 Å². The Morgan fingerprint density at radius 2 is 1.90 bits per heavy atom. The van der Waals surface area contributed by atoms with Crippen molar-refractivity contribution in [2.75, 3.05) is 24.5 Å². The standard InChI is InChI=1S/C17H25N3O/c1-13(17(21)19-10-5-2-6-11-19)20-12-9-15(18)14-7-3-4-8-16(14)20/h3-4,7-8,13,15H,2,5-6,9-12,18H2,1H3. The van der Waals surface area contributed by atoms with E-state index in [1.165, 1.54) is 12.0 Å². The number of carbonyl (C=O) groups is 1. The highest BCUT2D eigenvalue weighted by molar-refractivity contribution is 5.85. The summed E-state index contributed by atoms with van der Waals surface area (Å²) in [5, 5.41) is 0. The Morgan fingerprint density at radius 1 is 1.19 bits per heavy atom. The zero-order valence-corrected chi connectivity index (χ0v) is 12.8. The van der Waals surface area contributed by atoms with Crippen molar-refractivity contribution in [2.45, 2.75) is 44.7 Å². The number of hydrogen-bond donors (Lipinski definition) is 1. The van der Waals surface area contributed by atoms with Crippen LogP contribution in [0.1, 0.15) is 44.2 Å². The molecule has 1 aromatic rings. The number of likely N-dealkylation sites (tertiary alicyclic amines) is 1. The Balaban J connectivity index is 1.80. The van der Waals surface area contributed by atoms with Crippen LogP contribution in [-0.2, 0) is 4.79 Å². The average Bonchev–Trinajstić information content (AvgIpc) is 2.55. The quantitative estimate of drug-likeness (QED) is 0.908. The number of rotatable bonds is 2. The number of hydrogen-bond acceptors (Lipinski definition) is 3. The van der Waals surface area contributed by atoms with E-state index in [1.807, 2.05) is 24.0 Å². The summed E-state index contributed by atoms with van der Waals surface area (Å²) in [6, 6.07) is 8.23. The molecule has 21 heavy (non-hydrogen) atoms. The van der Waals surface area contributed by atoms with Crippen molar-refractivity contribution in [1.29, 1.82) is 0 Å². The van der Waals surface area contributed by atoms with Gasteiger partial charge in [0, 0.05) is 31.4 Å². The first-order chi connectivity index (χ1) is 10.2. The molecule has 2 aliphatic heterocycles. The van der Waals surface area contributed by atoms with Gasteiger partial charge < -0.3 is 15.5 Å². The Bertz CT molecular complexity index is 511. The molecule has 0 aliphatic carbocycles. The van der Waals surface area contributed by atoms with Gasteiger partial charge >= 0.3 is 0 Å². The minimum atomic E-state index is -0.100. The molecule has 0 saturated carbocycles. The molecule has 1 aromatic carbocycles. The molecule has 2 heterocycles. The van der Waals surface area contributed by atoms with Gasteiger partial charge in [0.1, 0.15) is 6.04 Å². The fraction of sp³-hybridized carbons (Fsp3) is 0.588. The molecular formula is C17H25N3O. The SMILES string of the molecule is CC(C(=O)N1CCCCC1)N1CCC(N)c2ccccc21. The van der Waals surface area contributed by atoms with Crippen molar-refractivity contribution in [3.63, 3.8) is 0 Å². The van der Waals surface area contributed by atoms with Crippen LogP contribution < -0.4 is 10.6 Å². The highest BCUT2D eigenvalue weighted by atomic mass is 16.2. The molecule has 0 bridgehead atoms. The third kappa shape index (κ3) is 2.77. The van der Waals surface area contributed by atoms with Gasteiger partial charge in [0.25, 0.3) is 0 Å². The van der Waals surface area contributed by atoms with Crippen molar-refractivity contribution in [3.05, 3.63) is 29.8 Å². The van der Waals surface area contributed by atoms with E-state index < -0.39 is 0 Å². The summed E-state index contributed by atoms with van der Waals surface area (Å²) in [5.74, 6) is 0.264. The highest BCUT2D eigenvalue weighted by Gasteiger charge is 2.31. The number of carbonyl (C=O) groups excluding carboxylic acids is 1. The summed E-state index contributed by atoms with van der Waals surface area (Å²) in [6.07, 6.45) is 4.44. The van der Waals surface area contributed by atoms with Gasteiger partial charge in [0.2, 0.25) is 5.91 Å². The summed E-state index contributed by atoms with van der Waals surface area (Å²) in [6.45, 7) is 4.72. The number of nitrogens with two attached hydrogens (primary N) is 1. The summed E-state index contributed by atoms with van der Waals surface area (Å²) >= 11 is 0. The molecular weight excluding hydrogens is 262 g/mol. The van der Waals surface area contributed by atoms with Gasteiger partial charge in [-0.15, -0.1) is 0 Å². The van der Waals surface area contributed by atoms with E-state index in [0.29, 0.717) is 0 Å². The highest BCUT2D eigenvalue weighted by Crippen LogP contribution is 2.33. The van der Waals surface area contributed by atoms with Gasteiger partial charge in [-0.05, 0) is 44.2 Å². The Kier molecular flexibility index (Phi) is 4.15. The van der Waals surface area contributed by atoms with E-state index in [4.69, 9.17) is 5.73 Å². The molecule has 0 radical (unpaired) electrons. The topological polar surface area (TPSA) is 49.6 Å². The second-order valence-electron chi connectivity index (χ2n) is 6.21. The zero-order chi connectivity index (χ0) is 14.8. The third-order valence-corrected chi connectivity index (χ3v) is 4.82. The van der Waals surface area contributed by atoms with E-state index in [-0.39, 0.29) is 18.0 Å². The second-order valence-corrected chi connectivity index (χ2v) is 6.21.